The van der Waals surface area contributed by atoms with E-state index in [1.54, 1.807) is 4.68 Å². The third-order valence-corrected chi connectivity index (χ3v) is 4.94. The van der Waals surface area contributed by atoms with Crippen molar-refractivity contribution in [3.63, 3.8) is 0 Å². The first-order valence-corrected chi connectivity index (χ1v) is 8.83. The minimum Gasteiger partial charge on any atom is -0.365 e. The highest BCUT2D eigenvalue weighted by Crippen LogP contribution is 2.37. The molecule has 0 saturated heterocycles. The molecule has 3 N–H and O–H groups in total. The maximum absolute atomic E-state index is 13.1. The van der Waals surface area contributed by atoms with Gasteiger partial charge in [-0.1, -0.05) is 5.11 Å². The summed E-state index contributed by atoms with van der Waals surface area (Å²) in [6.45, 7) is 0.365. The Labute approximate surface area is 160 Å². The molecule has 1 amide bonds. The van der Waals surface area contributed by atoms with Crippen molar-refractivity contribution >= 4 is 17.4 Å². The monoisotopic (exact) mass is 382 g/mol. The van der Waals surface area contributed by atoms with E-state index < -0.39 is 5.91 Å². The number of halogens is 1. The number of carbonyl (C=O) groups is 1. The van der Waals surface area contributed by atoms with Gasteiger partial charge in [-0.05, 0) is 55.0 Å². The molecule has 1 heterocycles. The number of primary amides is 1. The van der Waals surface area contributed by atoms with Crippen LogP contribution in [0.2, 0.25) is 0 Å². The van der Waals surface area contributed by atoms with Gasteiger partial charge in [-0.25, -0.2) is 4.39 Å². The third-order valence-electron chi connectivity index (χ3n) is 4.94. The van der Waals surface area contributed by atoms with Crippen LogP contribution in [-0.2, 0) is 0 Å². The first-order chi connectivity index (χ1) is 13.5. The number of carbonyl (C=O) groups excluding carboxylic acids is 1. The Morgan fingerprint density at radius 3 is 2.86 bits per heavy atom. The third kappa shape index (κ3) is 4.22. The molecule has 0 radical (unpaired) electrons. The molecule has 1 aliphatic rings. The van der Waals surface area contributed by atoms with Crippen molar-refractivity contribution in [2.75, 3.05) is 11.9 Å². The number of benzene rings is 1. The van der Waals surface area contributed by atoms with Gasteiger partial charge in [0, 0.05) is 23.3 Å². The van der Waals surface area contributed by atoms with Crippen LogP contribution < -0.4 is 11.1 Å². The van der Waals surface area contributed by atoms with Gasteiger partial charge in [0.1, 0.15) is 11.4 Å². The van der Waals surface area contributed by atoms with Crippen LogP contribution in [-0.4, -0.2) is 22.2 Å². The molecule has 144 valence electrons. The number of nitriles is 1. The molecule has 10 heteroatoms. The quantitative estimate of drug-likeness (QED) is 0.446. The smallest absolute Gasteiger partial charge is 0.254 e. The van der Waals surface area contributed by atoms with Gasteiger partial charge < -0.3 is 11.1 Å². The van der Waals surface area contributed by atoms with Gasteiger partial charge in [0.05, 0.1) is 18.0 Å². The van der Waals surface area contributed by atoms with Gasteiger partial charge in [-0.15, -0.1) is 0 Å². The average Bonchev–Trinajstić information content (AvgIpc) is 3.11. The minimum absolute atomic E-state index is 0.153. The van der Waals surface area contributed by atoms with Crippen molar-refractivity contribution in [1.29, 1.82) is 5.26 Å². The summed E-state index contributed by atoms with van der Waals surface area (Å²) in [5, 5.41) is 20.6. The molecule has 3 atom stereocenters. The molecule has 2 aromatic rings. The van der Waals surface area contributed by atoms with E-state index in [9.17, 15) is 14.4 Å². The molecule has 28 heavy (non-hydrogen) atoms. The lowest BCUT2D eigenvalue weighted by molar-refractivity contribution is 0.100. The van der Waals surface area contributed by atoms with Crippen molar-refractivity contribution in [3.05, 3.63) is 52.3 Å². The normalized spacial score (nSPS) is 21.4. The zero-order valence-corrected chi connectivity index (χ0v) is 15.0. The predicted octanol–water partition coefficient (Wildman–Crippen LogP) is 3.66. The van der Waals surface area contributed by atoms with E-state index >= 15 is 0 Å². The zero-order chi connectivity index (χ0) is 20.1. The molecule has 9 nitrogen and oxygen atoms in total. The molecular formula is C18H19FN8O. The summed E-state index contributed by atoms with van der Waals surface area (Å²) >= 11 is 0. The fraction of sp³-hybridized carbons (Fsp3) is 0.389. The molecule has 1 aromatic heterocycles. The summed E-state index contributed by atoms with van der Waals surface area (Å²) < 4.78 is 14.7. The largest absolute Gasteiger partial charge is 0.365 e. The van der Waals surface area contributed by atoms with E-state index in [4.69, 9.17) is 11.3 Å². The Morgan fingerprint density at radius 1 is 1.46 bits per heavy atom. The van der Waals surface area contributed by atoms with Gasteiger partial charge >= 0.3 is 0 Å². The molecule has 1 saturated carbocycles. The molecule has 1 fully saturated rings. The van der Waals surface area contributed by atoms with Crippen LogP contribution in [0.15, 0.2) is 35.6 Å². The summed E-state index contributed by atoms with van der Waals surface area (Å²) in [6, 6.07) is 7.72. The number of amides is 1. The second-order valence-corrected chi connectivity index (χ2v) is 6.76. The van der Waals surface area contributed by atoms with Crippen molar-refractivity contribution in [2.45, 2.75) is 25.3 Å². The molecule has 0 bridgehead atoms. The van der Waals surface area contributed by atoms with Crippen LogP contribution in [0.1, 0.15) is 35.7 Å². The first kappa shape index (κ1) is 19.2. The standard InChI is InChI=1S/C18H19FN8O/c19-13-2-4-14(5-3-13)24-18-15(17(21)28)10-27(25-18)16-6-1-11(9-23-26-22)7-12(16)8-20/h2-5,10-12,16H,1,6-7,9H2,(H2,21,28)(H,24,25)/t11?,12-,16?/m0/s1. The molecule has 0 aliphatic heterocycles. The Hall–Kier alpha value is -3.57. The number of rotatable bonds is 6. The van der Waals surface area contributed by atoms with Gasteiger partial charge in [0.2, 0.25) is 0 Å². The number of nitrogens with zero attached hydrogens (tertiary/aromatic N) is 6. The second kappa shape index (κ2) is 8.41. The highest BCUT2D eigenvalue weighted by Gasteiger charge is 2.33. The summed E-state index contributed by atoms with van der Waals surface area (Å²) in [7, 11) is 0. The Morgan fingerprint density at radius 2 is 2.21 bits per heavy atom. The van der Waals surface area contributed by atoms with Gasteiger partial charge in [0.25, 0.3) is 5.91 Å². The van der Waals surface area contributed by atoms with E-state index in [0.717, 1.165) is 6.42 Å². The maximum atomic E-state index is 13.1. The van der Waals surface area contributed by atoms with E-state index in [1.165, 1.54) is 30.5 Å². The molecule has 2 unspecified atom stereocenters. The molecule has 0 spiro atoms. The van der Waals surface area contributed by atoms with Gasteiger partial charge in [-0.2, -0.15) is 10.4 Å². The lowest BCUT2D eigenvalue weighted by Gasteiger charge is -2.31. The van der Waals surface area contributed by atoms with Crippen molar-refractivity contribution in [2.24, 2.45) is 22.7 Å². The van der Waals surface area contributed by atoms with Crippen molar-refractivity contribution in [3.8, 4) is 6.07 Å². The number of anilines is 2. The van der Waals surface area contributed by atoms with Crippen LogP contribution in [0.25, 0.3) is 10.4 Å². The SMILES string of the molecule is N#C[C@@H]1CC(CN=[N+]=[N-])CCC1n1cc(C(N)=O)c(Nc2ccc(F)cc2)n1. The lowest BCUT2D eigenvalue weighted by Crippen LogP contribution is -2.28. The Balaban J connectivity index is 1.84. The Bertz CT molecular complexity index is 941. The topological polar surface area (TPSA) is 145 Å². The van der Waals surface area contributed by atoms with Crippen LogP contribution in [0.4, 0.5) is 15.9 Å². The highest BCUT2D eigenvalue weighted by atomic mass is 19.1. The summed E-state index contributed by atoms with van der Waals surface area (Å²) in [6.07, 6.45) is 3.58. The lowest BCUT2D eigenvalue weighted by atomic mass is 9.79. The molecular weight excluding hydrogens is 363 g/mol. The Kier molecular flexibility index (Phi) is 5.77. The number of hydrogen-bond acceptors (Lipinski definition) is 5. The fourth-order valence-corrected chi connectivity index (χ4v) is 3.52. The van der Waals surface area contributed by atoms with Crippen molar-refractivity contribution < 1.29 is 9.18 Å². The fourth-order valence-electron chi connectivity index (χ4n) is 3.52. The number of aromatic nitrogens is 2. The zero-order valence-electron chi connectivity index (χ0n) is 15.0. The second-order valence-electron chi connectivity index (χ2n) is 6.76. The van der Waals surface area contributed by atoms with Crippen LogP contribution in [0, 0.1) is 29.0 Å². The van der Waals surface area contributed by atoms with E-state index in [2.05, 4.69) is 26.5 Å². The average molecular weight is 382 g/mol. The number of azide groups is 1. The van der Waals surface area contributed by atoms with E-state index in [-0.39, 0.29) is 35.1 Å². The molecule has 3 rings (SSSR count). The molecule has 1 aromatic carbocycles. The van der Waals surface area contributed by atoms with E-state index in [1.807, 2.05) is 0 Å². The highest BCUT2D eigenvalue weighted by molar-refractivity contribution is 5.98. The van der Waals surface area contributed by atoms with Crippen LogP contribution >= 0.6 is 0 Å². The first-order valence-electron chi connectivity index (χ1n) is 8.83. The predicted molar refractivity (Wildman–Crippen MR) is 99.9 cm³/mol. The summed E-state index contributed by atoms with van der Waals surface area (Å²) in [5.41, 5.74) is 14.7. The number of nitrogens with one attached hydrogen (secondary N) is 1. The number of nitrogens with two attached hydrogens (primary N) is 1. The van der Waals surface area contributed by atoms with Crippen LogP contribution in [0.3, 0.4) is 0 Å². The molecule has 1 aliphatic carbocycles. The van der Waals surface area contributed by atoms with Gasteiger partial charge in [0.15, 0.2) is 5.82 Å². The summed E-state index contributed by atoms with van der Waals surface area (Å²) in [5.74, 6) is -0.944. The van der Waals surface area contributed by atoms with Crippen molar-refractivity contribution in [1.82, 2.24) is 9.78 Å². The maximum Gasteiger partial charge on any atom is 0.254 e. The number of hydrogen-bond donors (Lipinski definition) is 2. The van der Waals surface area contributed by atoms with Gasteiger partial charge in [-0.3, -0.25) is 9.48 Å². The summed E-state index contributed by atoms with van der Waals surface area (Å²) in [4.78, 5) is 14.6. The van der Waals surface area contributed by atoms with E-state index in [0.29, 0.717) is 25.1 Å². The minimum atomic E-state index is -0.651. The van der Waals surface area contributed by atoms with Crippen LogP contribution in [0.5, 0.6) is 0 Å².